The van der Waals surface area contributed by atoms with Gasteiger partial charge in [0.05, 0.1) is 6.61 Å². The predicted octanol–water partition coefficient (Wildman–Crippen LogP) is 1.86. The van der Waals surface area contributed by atoms with Crippen LogP contribution in [0.4, 0.5) is 0 Å². The molecule has 3 nitrogen and oxygen atoms in total. The molecule has 1 heterocycles. The van der Waals surface area contributed by atoms with Crippen LogP contribution in [0.3, 0.4) is 0 Å². The van der Waals surface area contributed by atoms with Gasteiger partial charge >= 0.3 is 0 Å². The van der Waals surface area contributed by atoms with Gasteiger partial charge in [0, 0.05) is 17.1 Å². The molecule has 0 unspecified atom stereocenters. The maximum atomic E-state index is 11.2. The van der Waals surface area contributed by atoms with Crippen molar-refractivity contribution in [2.75, 3.05) is 6.61 Å². The Balaban J connectivity index is 2.72. The van der Waals surface area contributed by atoms with E-state index in [1.807, 2.05) is 13.0 Å². The first kappa shape index (κ1) is 9.80. The number of rotatable bonds is 1. The third-order valence-corrected chi connectivity index (χ3v) is 3.48. The Morgan fingerprint density at radius 3 is 2.79 bits per heavy atom. The molecule has 2 rings (SSSR count). The molecule has 0 saturated carbocycles. The number of benzene rings is 1. The molecule has 0 radical (unpaired) electrons. The van der Waals surface area contributed by atoms with Crippen LogP contribution in [-0.2, 0) is 15.5 Å². The molecule has 0 spiro atoms. The van der Waals surface area contributed by atoms with Crippen molar-refractivity contribution in [2.45, 2.75) is 18.2 Å². The second kappa shape index (κ2) is 3.14. The van der Waals surface area contributed by atoms with Crippen molar-refractivity contribution in [1.29, 1.82) is 0 Å². The molecule has 1 aromatic carbocycles. The summed E-state index contributed by atoms with van der Waals surface area (Å²) >= 11 is 0. The van der Waals surface area contributed by atoms with Crippen LogP contribution in [0.1, 0.15) is 11.1 Å². The Bertz CT molecular complexity index is 479. The molecule has 1 aromatic rings. The monoisotopic (exact) mass is 232 g/mol. The molecule has 0 N–H and O–H groups in total. The van der Waals surface area contributed by atoms with E-state index in [-0.39, 0.29) is 4.90 Å². The third kappa shape index (κ3) is 1.60. The van der Waals surface area contributed by atoms with Gasteiger partial charge in [-0.1, -0.05) is 6.07 Å². The van der Waals surface area contributed by atoms with Crippen molar-refractivity contribution in [3.05, 3.63) is 23.3 Å². The van der Waals surface area contributed by atoms with E-state index in [1.165, 1.54) is 6.07 Å². The molecule has 1 aliphatic rings. The van der Waals surface area contributed by atoms with Crippen LogP contribution in [-0.4, -0.2) is 15.0 Å². The minimum atomic E-state index is -3.70. The lowest BCUT2D eigenvalue weighted by Gasteiger charge is -2.05. The predicted molar refractivity (Wildman–Crippen MR) is 53.4 cm³/mol. The lowest BCUT2D eigenvalue weighted by molar-refractivity contribution is 0.349. The Morgan fingerprint density at radius 1 is 1.43 bits per heavy atom. The van der Waals surface area contributed by atoms with Gasteiger partial charge in [-0.2, -0.15) is 0 Å². The summed E-state index contributed by atoms with van der Waals surface area (Å²) in [4.78, 5) is 0.0895. The van der Waals surface area contributed by atoms with Crippen LogP contribution in [0.2, 0.25) is 0 Å². The second-order valence-electron chi connectivity index (χ2n) is 3.29. The zero-order chi connectivity index (χ0) is 10.3. The molecule has 0 saturated heterocycles. The van der Waals surface area contributed by atoms with Crippen LogP contribution in [0, 0.1) is 6.92 Å². The normalized spacial score (nSPS) is 15.0. The van der Waals surface area contributed by atoms with Crippen molar-refractivity contribution in [3.8, 4) is 5.75 Å². The summed E-state index contributed by atoms with van der Waals surface area (Å²) in [7, 11) is 1.60. The number of hydrogen-bond donors (Lipinski definition) is 0. The van der Waals surface area contributed by atoms with E-state index in [2.05, 4.69) is 0 Å². The highest BCUT2D eigenvalue weighted by Gasteiger charge is 2.24. The zero-order valence-electron chi connectivity index (χ0n) is 7.58. The van der Waals surface area contributed by atoms with E-state index < -0.39 is 9.05 Å². The van der Waals surface area contributed by atoms with Crippen molar-refractivity contribution in [2.24, 2.45) is 0 Å². The van der Waals surface area contributed by atoms with E-state index in [4.69, 9.17) is 15.4 Å². The minimum Gasteiger partial charge on any atom is -0.492 e. The summed E-state index contributed by atoms with van der Waals surface area (Å²) in [5.41, 5.74) is 1.80. The summed E-state index contributed by atoms with van der Waals surface area (Å²) in [6.07, 6.45) is 0.746. The standard InChI is InChI=1S/C9H9ClO3S/c1-6-4-7-2-3-13-9(7)8(5-6)14(10,11)12/h4-5H,2-3H2,1H3. The zero-order valence-corrected chi connectivity index (χ0v) is 9.15. The summed E-state index contributed by atoms with van der Waals surface area (Å²) in [5.74, 6) is 0.422. The Morgan fingerprint density at radius 2 is 2.14 bits per heavy atom. The van der Waals surface area contributed by atoms with E-state index in [1.54, 1.807) is 0 Å². The molecule has 14 heavy (non-hydrogen) atoms. The van der Waals surface area contributed by atoms with Crippen LogP contribution in [0.5, 0.6) is 5.75 Å². The molecule has 0 fully saturated rings. The lowest BCUT2D eigenvalue weighted by atomic mass is 10.1. The number of fused-ring (bicyclic) bond motifs is 1. The molecule has 0 bridgehead atoms. The van der Waals surface area contributed by atoms with E-state index >= 15 is 0 Å². The molecule has 0 aliphatic carbocycles. The van der Waals surface area contributed by atoms with Crippen molar-refractivity contribution in [3.63, 3.8) is 0 Å². The molecule has 0 amide bonds. The number of halogens is 1. The molecule has 5 heteroatoms. The summed E-state index contributed by atoms with van der Waals surface area (Å²) in [6.45, 7) is 2.36. The fourth-order valence-corrected chi connectivity index (χ4v) is 2.69. The molecule has 0 atom stereocenters. The Hall–Kier alpha value is -0.740. The van der Waals surface area contributed by atoms with Gasteiger partial charge in [0.1, 0.15) is 10.6 Å². The molecular formula is C9H9ClO3S. The van der Waals surface area contributed by atoms with Gasteiger partial charge in [-0.15, -0.1) is 0 Å². The van der Waals surface area contributed by atoms with Gasteiger partial charge in [-0.05, 0) is 24.1 Å². The largest absolute Gasteiger partial charge is 0.492 e. The topological polar surface area (TPSA) is 43.4 Å². The van der Waals surface area contributed by atoms with Crippen molar-refractivity contribution < 1.29 is 13.2 Å². The van der Waals surface area contributed by atoms with Gasteiger partial charge < -0.3 is 4.74 Å². The second-order valence-corrected chi connectivity index (χ2v) is 5.82. The van der Waals surface area contributed by atoms with Gasteiger partial charge in [0.2, 0.25) is 0 Å². The van der Waals surface area contributed by atoms with Crippen molar-refractivity contribution in [1.82, 2.24) is 0 Å². The quantitative estimate of drug-likeness (QED) is 0.695. The molecule has 76 valence electrons. The maximum absolute atomic E-state index is 11.2. The fourth-order valence-electron chi connectivity index (χ4n) is 1.61. The van der Waals surface area contributed by atoms with Gasteiger partial charge in [-0.25, -0.2) is 8.42 Å². The fraction of sp³-hybridized carbons (Fsp3) is 0.333. The summed E-state index contributed by atoms with van der Waals surface area (Å²) in [5, 5.41) is 0. The smallest absolute Gasteiger partial charge is 0.265 e. The van der Waals surface area contributed by atoms with Gasteiger partial charge in [0.25, 0.3) is 9.05 Å². The third-order valence-electron chi connectivity index (χ3n) is 2.16. The van der Waals surface area contributed by atoms with E-state index in [9.17, 15) is 8.42 Å². The Labute approximate surface area is 87.1 Å². The maximum Gasteiger partial charge on any atom is 0.265 e. The first-order chi connectivity index (χ1) is 6.48. The molecular weight excluding hydrogens is 224 g/mol. The number of ether oxygens (including phenoxy) is 1. The highest BCUT2D eigenvalue weighted by molar-refractivity contribution is 8.13. The first-order valence-electron chi connectivity index (χ1n) is 4.19. The molecule has 0 aromatic heterocycles. The van der Waals surface area contributed by atoms with Gasteiger partial charge in [-0.3, -0.25) is 0 Å². The molecule has 1 aliphatic heterocycles. The number of hydrogen-bond acceptors (Lipinski definition) is 3. The summed E-state index contributed by atoms with van der Waals surface area (Å²) in [6, 6.07) is 3.46. The first-order valence-corrected chi connectivity index (χ1v) is 6.50. The van der Waals surface area contributed by atoms with Crippen LogP contribution >= 0.6 is 10.7 Å². The van der Waals surface area contributed by atoms with Crippen LogP contribution in [0.15, 0.2) is 17.0 Å². The van der Waals surface area contributed by atoms with E-state index in [0.29, 0.717) is 12.4 Å². The average molecular weight is 233 g/mol. The van der Waals surface area contributed by atoms with E-state index in [0.717, 1.165) is 17.5 Å². The SMILES string of the molecule is Cc1cc2c(c(S(=O)(=O)Cl)c1)OCC2. The lowest BCUT2D eigenvalue weighted by Crippen LogP contribution is -1.96. The van der Waals surface area contributed by atoms with Gasteiger partial charge in [0.15, 0.2) is 0 Å². The van der Waals surface area contributed by atoms with Crippen LogP contribution < -0.4 is 4.74 Å². The highest BCUT2D eigenvalue weighted by atomic mass is 35.7. The minimum absolute atomic E-state index is 0.0895. The number of aryl methyl sites for hydroxylation is 1. The Kier molecular flexibility index (Phi) is 2.20. The average Bonchev–Trinajstić information content (AvgIpc) is 2.47. The van der Waals surface area contributed by atoms with Crippen LogP contribution in [0.25, 0.3) is 0 Å². The highest BCUT2D eigenvalue weighted by Crippen LogP contribution is 2.35. The van der Waals surface area contributed by atoms with Crippen molar-refractivity contribution >= 4 is 19.7 Å². The summed E-state index contributed by atoms with van der Waals surface area (Å²) < 4.78 is 27.7.